The van der Waals surface area contributed by atoms with Crippen LogP contribution in [-0.4, -0.2) is 102 Å². The van der Waals surface area contributed by atoms with Gasteiger partial charge in [-0.2, -0.15) is 9.89 Å². The standard InChI is InChI=1S/C37H58N4O12/c1-23(20-24-21-25(47-15)27(26(22-24)48-16)49-19-17-18-42)28(40(30(43)50-34(2,3)4)31(44)51-35(5,6)7)39-29(38-14)41(32(45)52-36(8,9)10)33(46)53-37(11,12)13/h21-22,42H,14,17-20H2,1-13,15-16H3/b28-23-,39-29?. The summed E-state index contributed by atoms with van der Waals surface area (Å²) in [6.45, 7) is 24.3. The molecule has 1 aromatic rings. The third-order valence-electron chi connectivity index (χ3n) is 5.98. The van der Waals surface area contributed by atoms with E-state index in [4.69, 9.17) is 33.2 Å². The number of carbonyl (C=O) groups excluding carboxylic acids is 4. The third-order valence-corrected chi connectivity index (χ3v) is 5.98. The summed E-state index contributed by atoms with van der Waals surface area (Å²) in [7, 11) is 2.87. The molecule has 1 rings (SSSR count). The van der Waals surface area contributed by atoms with Gasteiger partial charge in [0.2, 0.25) is 11.7 Å². The van der Waals surface area contributed by atoms with E-state index in [0.29, 0.717) is 39.0 Å². The predicted molar refractivity (Wildman–Crippen MR) is 199 cm³/mol. The number of benzene rings is 1. The SMILES string of the molecule is C=NC(=N/C(=C(\C)Cc1cc(OC)c(OCCCO)c(OC)c1)N(C(=O)OC(C)(C)C)C(=O)OC(C)(C)C)N(C(=O)OC(C)(C)C)C(=O)OC(C)(C)C. The number of nitrogens with zero attached hydrogens (tertiary/aromatic N) is 4. The summed E-state index contributed by atoms with van der Waals surface area (Å²) in [5.74, 6) is -0.238. The summed E-state index contributed by atoms with van der Waals surface area (Å²) >= 11 is 0. The van der Waals surface area contributed by atoms with Gasteiger partial charge in [0.25, 0.3) is 0 Å². The summed E-state index contributed by atoms with van der Waals surface area (Å²) in [5, 5.41) is 9.22. The number of guanidine groups is 1. The van der Waals surface area contributed by atoms with Crippen molar-refractivity contribution in [2.45, 2.75) is 125 Å². The molecule has 1 N–H and O–H groups in total. The predicted octanol–water partition coefficient (Wildman–Crippen LogP) is 7.64. The number of methoxy groups -OCH3 is 2. The Hall–Kier alpha value is -4.86. The Kier molecular flexibility index (Phi) is 16.3. The molecule has 0 fully saturated rings. The van der Waals surface area contributed by atoms with Crippen molar-refractivity contribution in [3.8, 4) is 17.2 Å². The third kappa shape index (κ3) is 15.7. The molecule has 0 saturated carbocycles. The zero-order valence-corrected chi connectivity index (χ0v) is 33.9. The molecule has 298 valence electrons. The smallest absolute Gasteiger partial charge is 0.427 e. The van der Waals surface area contributed by atoms with Crippen molar-refractivity contribution in [2.75, 3.05) is 27.4 Å². The maximum absolute atomic E-state index is 13.9. The maximum atomic E-state index is 13.9. The molecule has 0 unspecified atom stereocenters. The van der Waals surface area contributed by atoms with Gasteiger partial charge >= 0.3 is 24.4 Å². The number of carbonyl (C=O) groups is 4. The lowest BCUT2D eigenvalue weighted by atomic mass is 10.0. The highest BCUT2D eigenvalue weighted by atomic mass is 16.6. The summed E-state index contributed by atoms with van der Waals surface area (Å²) in [6.07, 6.45) is -4.47. The molecule has 0 aliphatic carbocycles. The van der Waals surface area contributed by atoms with Gasteiger partial charge < -0.3 is 38.3 Å². The number of aliphatic imine (C=N–C) groups is 2. The van der Waals surface area contributed by atoms with Crippen LogP contribution in [-0.2, 0) is 25.4 Å². The first kappa shape index (κ1) is 46.2. The van der Waals surface area contributed by atoms with Gasteiger partial charge in [-0.3, -0.25) is 0 Å². The van der Waals surface area contributed by atoms with Gasteiger partial charge in [-0.1, -0.05) is 0 Å². The normalized spacial score (nSPS) is 12.9. The summed E-state index contributed by atoms with van der Waals surface area (Å²) in [6, 6.07) is 3.29. The fourth-order valence-corrected chi connectivity index (χ4v) is 4.11. The number of aliphatic hydroxyl groups excluding tert-OH is 1. The second kappa shape index (κ2) is 18.8. The van der Waals surface area contributed by atoms with Gasteiger partial charge in [0.15, 0.2) is 17.3 Å². The molecule has 16 heteroatoms. The molecule has 4 amide bonds. The summed E-state index contributed by atoms with van der Waals surface area (Å²) in [5.41, 5.74) is -3.59. The molecule has 0 aliphatic heterocycles. The van der Waals surface area contributed by atoms with E-state index in [0.717, 1.165) is 0 Å². The first-order chi connectivity index (χ1) is 24.2. The summed E-state index contributed by atoms with van der Waals surface area (Å²) < 4.78 is 39.2. The van der Waals surface area contributed by atoms with Crippen molar-refractivity contribution < 1.29 is 57.4 Å². The second-order valence-electron chi connectivity index (χ2n) is 15.7. The monoisotopic (exact) mass is 750 g/mol. The van der Waals surface area contributed by atoms with Gasteiger partial charge in [-0.15, -0.1) is 4.90 Å². The number of amides is 4. The molecule has 53 heavy (non-hydrogen) atoms. The van der Waals surface area contributed by atoms with Crippen molar-refractivity contribution in [1.82, 2.24) is 9.80 Å². The number of imide groups is 2. The number of rotatable bonds is 10. The first-order valence-electron chi connectivity index (χ1n) is 16.9. The molecule has 0 spiro atoms. The minimum atomic E-state index is -1.22. The van der Waals surface area contributed by atoms with Crippen LogP contribution in [0.25, 0.3) is 0 Å². The van der Waals surface area contributed by atoms with Crippen LogP contribution in [0.4, 0.5) is 19.2 Å². The average Bonchev–Trinajstić information content (AvgIpc) is 2.96. The highest BCUT2D eigenvalue weighted by Crippen LogP contribution is 2.39. The van der Waals surface area contributed by atoms with Crippen LogP contribution in [0.5, 0.6) is 17.2 Å². The number of allylic oxidation sites excluding steroid dienone is 1. The fourth-order valence-electron chi connectivity index (χ4n) is 4.11. The molecule has 0 atom stereocenters. The van der Waals surface area contributed by atoms with Crippen molar-refractivity contribution in [3.05, 3.63) is 29.1 Å². The average molecular weight is 751 g/mol. The van der Waals surface area contributed by atoms with Crippen molar-refractivity contribution in [1.29, 1.82) is 0 Å². The number of hydrogen-bond donors (Lipinski definition) is 1. The van der Waals surface area contributed by atoms with Gasteiger partial charge in [-0.05, 0) is 126 Å². The van der Waals surface area contributed by atoms with Crippen LogP contribution < -0.4 is 14.2 Å². The highest BCUT2D eigenvalue weighted by Gasteiger charge is 2.39. The van der Waals surface area contributed by atoms with Gasteiger partial charge in [0.05, 0.1) is 20.8 Å². The Bertz CT molecular complexity index is 1460. The van der Waals surface area contributed by atoms with Crippen molar-refractivity contribution in [3.63, 3.8) is 0 Å². The van der Waals surface area contributed by atoms with E-state index in [-0.39, 0.29) is 25.2 Å². The van der Waals surface area contributed by atoms with E-state index < -0.39 is 58.6 Å². The van der Waals surface area contributed by atoms with E-state index in [9.17, 15) is 24.3 Å². The van der Waals surface area contributed by atoms with Gasteiger partial charge in [-0.25, -0.2) is 24.2 Å². The number of aliphatic hydroxyl groups is 1. The largest absolute Gasteiger partial charge is 0.493 e. The minimum absolute atomic E-state index is 0.0339. The van der Waals surface area contributed by atoms with Crippen molar-refractivity contribution >= 4 is 37.1 Å². The first-order valence-corrected chi connectivity index (χ1v) is 16.9. The second-order valence-corrected chi connectivity index (χ2v) is 15.7. The van der Waals surface area contributed by atoms with E-state index in [1.165, 1.54) is 14.2 Å². The Morgan fingerprint density at radius 2 is 1.08 bits per heavy atom. The van der Waals surface area contributed by atoms with Crippen LogP contribution in [0.2, 0.25) is 0 Å². The summed E-state index contributed by atoms with van der Waals surface area (Å²) in [4.78, 5) is 64.3. The molecule has 16 nitrogen and oxygen atoms in total. The van der Waals surface area contributed by atoms with E-state index in [1.807, 2.05) is 0 Å². The fraction of sp³-hybridized carbons (Fsp3) is 0.622. The lowest BCUT2D eigenvalue weighted by Crippen LogP contribution is -2.47. The van der Waals surface area contributed by atoms with Crippen LogP contribution in [0.15, 0.2) is 33.5 Å². The molecular weight excluding hydrogens is 692 g/mol. The lowest BCUT2D eigenvalue weighted by molar-refractivity contribution is 0.00769. The number of hydrogen-bond acceptors (Lipinski definition) is 13. The van der Waals surface area contributed by atoms with E-state index in [1.54, 1.807) is 102 Å². The van der Waals surface area contributed by atoms with Crippen LogP contribution in [0, 0.1) is 0 Å². The molecule has 0 heterocycles. The van der Waals surface area contributed by atoms with Gasteiger partial charge in [0.1, 0.15) is 22.4 Å². The van der Waals surface area contributed by atoms with Crippen LogP contribution in [0.3, 0.4) is 0 Å². The van der Waals surface area contributed by atoms with Crippen molar-refractivity contribution in [2.24, 2.45) is 9.98 Å². The van der Waals surface area contributed by atoms with Crippen LogP contribution in [0.1, 0.15) is 102 Å². The number of ether oxygens (including phenoxy) is 7. The Morgan fingerprint density at radius 1 is 0.698 bits per heavy atom. The topological polar surface area (TPSA) is 184 Å². The van der Waals surface area contributed by atoms with Crippen LogP contribution >= 0.6 is 0 Å². The quantitative estimate of drug-likeness (QED) is 0.107. The van der Waals surface area contributed by atoms with E-state index >= 15 is 0 Å². The molecule has 0 saturated heterocycles. The molecular formula is C37H58N4O12. The molecule has 0 bridgehead atoms. The Balaban J connectivity index is 4.31. The molecule has 0 aromatic heterocycles. The Labute approximate surface area is 313 Å². The molecule has 1 aromatic carbocycles. The van der Waals surface area contributed by atoms with Gasteiger partial charge in [0, 0.05) is 13.0 Å². The molecule has 0 radical (unpaired) electrons. The maximum Gasteiger partial charge on any atom is 0.427 e. The zero-order valence-electron chi connectivity index (χ0n) is 33.9. The highest BCUT2D eigenvalue weighted by molar-refractivity contribution is 6.09. The Morgan fingerprint density at radius 3 is 1.40 bits per heavy atom. The minimum Gasteiger partial charge on any atom is -0.493 e. The lowest BCUT2D eigenvalue weighted by Gasteiger charge is -2.30. The van der Waals surface area contributed by atoms with E-state index in [2.05, 4.69) is 16.7 Å². The molecule has 0 aliphatic rings. The zero-order chi connectivity index (χ0) is 41.1.